The molecule has 1 aliphatic rings. The molecule has 5 heteroatoms. The molecule has 0 saturated carbocycles. The average molecular weight is 284 g/mol. The number of nitrogens with one attached hydrogen (secondary N) is 1. The smallest absolute Gasteiger partial charge is 0.226 e. The molecule has 2 amide bonds. The standard InChI is InChI=1S/C13H22N2O3.C2H6/c1-3-4-11(17)15-8-5-13(6-9-15,7-10-16)12(18)14-2;1-2/h10H,3-9H2,1-2H3,(H,14,18);1-2H3. The zero-order chi connectivity index (χ0) is 15.6. The number of hydrogen-bond donors (Lipinski definition) is 1. The fourth-order valence-electron chi connectivity index (χ4n) is 2.50. The van der Waals surface area contributed by atoms with Crippen molar-refractivity contribution in [2.24, 2.45) is 5.41 Å². The molecule has 0 aromatic heterocycles. The van der Waals surface area contributed by atoms with Gasteiger partial charge < -0.3 is 15.0 Å². The Morgan fingerprint density at radius 1 is 1.25 bits per heavy atom. The maximum absolute atomic E-state index is 11.9. The normalized spacial score (nSPS) is 16.7. The van der Waals surface area contributed by atoms with Crippen LogP contribution in [0.2, 0.25) is 0 Å². The van der Waals surface area contributed by atoms with Gasteiger partial charge in [0.1, 0.15) is 6.29 Å². The molecule has 1 fully saturated rings. The first kappa shape index (κ1) is 18.6. The van der Waals surface area contributed by atoms with Crippen LogP contribution in [0.15, 0.2) is 0 Å². The van der Waals surface area contributed by atoms with Crippen LogP contribution < -0.4 is 5.32 Å². The predicted octanol–water partition coefficient (Wildman–Crippen LogP) is 1.76. The van der Waals surface area contributed by atoms with E-state index in [4.69, 9.17) is 0 Å². The lowest BCUT2D eigenvalue weighted by atomic mass is 9.75. The van der Waals surface area contributed by atoms with Crippen molar-refractivity contribution in [2.75, 3.05) is 20.1 Å². The Balaban J connectivity index is 0.00000172. The van der Waals surface area contributed by atoms with Gasteiger partial charge in [0.25, 0.3) is 0 Å². The molecule has 0 aromatic rings. The Bertz CT molecular complexity index is 321. The third-order valence-corrected chi connectivity index (χ3v) is 3.72. The minimum Gasteiger partial charge on any atom is -0.359 e. The van der Waals surface area contributed by atoms with E-state index >= 15 is 0 Å². The molecular weight excluding hydrogens is 256 g/mol. The van der Waals surface area contributed by atoms with Gasteiger partial charge in [-0.1, -0.05) is 20.8 Å². The molecule has 1 heterocycles. The van der Waals surface area contributed by atoms with Gasteiger partial charge in [0.2, 0.25) is 11.8 Å². The van der Waals surface area contributed by atoms with Gasteiger partial charge in [-0.2, -0.15) is 0 Å². The van der Waals surface area contributed by atoms with Gasteiger partial charge in [-0.25, -0.2) is 0 Å². The number of rotatable bonds is 5. The van der Waals surface area contributed by atoms with E-state index in [-0.39, 0.29) is 18.2 Å². The molecule has 0 radical (unpaired) electrons. The van der Waals surface area contributed by atoms with Crippen LogP contribution in [0.1, 0.15) is 52.9 Å². The third-order valence-electron chi connectivity index (χ3n) is 3.72. The molecule has 1 N–H and O–H groups in total. The van der Waals surface area contributed by atoms with Gasteiger partial charge in [-0.15, -0.1) is 0 Å². The molecule has 116 valence electrons. The van der Waals surface area contributed by atoms with E-state index in [1.165, 1.54) is 0 Å². The Labute approximate surface area is 122 Å². The molecule has 0 atom stereocenters. The second-order valence-electron chi connectivity index (χ2n) is 4.86. The van der Waals surface area contributed by atoms with Crippen LogP contribution in [0.3, 0.4) is 0 Å². The highest BCUT2D eigenvalue weighted by Crippen LogP contribution is 2.34. The Kier molecular flexibility index (Phi) is 8.84. The first-order chi connectivity index (χ1) is 9.59. The molecule has 1 saturated heterocycles. The van der Waals surface area contributed by atoms with Crippen molar-refractivity contribution < 1.29 is 14.4 Å². The van der Waals surface area contributed by atoms with Crippen molar-refractivity contribution in [3.05, 3.63) is 0 Å². The monoisotopic (exact) mass is 284 g/mol. The molecule has 20 heavy (non-hydrogen) atoms. The van der Waals surface area contributed by atoms with E-state index in [1.807, 2.05) is 20.8 Å². The maximum Gasteiger partial charge on any atom is 0.226 e. The molecule has 0 unspecified atom stereocenters. The summed E-state index contributed by atoms with van der Waals surface area (Å²) >= 11 is 0. The molecule has 5 nitrogen and oxygen atoms in total. The topological polar surface area (TPSA) is 66.5 Å². The lowest BCUT2D eigenvalue weighted by molar-refractivity contribution is -0.141. The SMILES string of the molecule is CC.CCCC(=O)N1CCC(CC=O)(C(=O)NC)CC1. The molecule has 0 spiro atoms. The number of carbonyl (C=O) groups is 3. The number of amides is 2. The molecule has 0 bridgehead atoms. The minimum absolute atomic E-state index is 0.0859. The van der Waals surface area contributed by atoms with Crippen LogP contribution in [-0.2, 0) is 14.4 Å². The number of aldehydes is 1. The quantitative estimate of drug-likeness (QED) is 0.782. The first-order valence-corrected chi connectivity index (χ1v) is 7.53. The van der Waals surface area contributed by atoms with Crippen LogP contribution in [0.25, 0.3) is 0 Å². The summed E-state index contributed by atoms with van der Waals surface area (Å²) in [6.07, 6.45) is 3.58. The molecule has 0 aliphatic carbocycles. The van der Waals surface area contributed by atoms with Crippen LogP contribution in [-0.4, -0.2) is 43.1 Å². The lowest BCUT2D eigenvalue weighted by Gasteiger charge is -2.39. The molecule has 1 rings (SSSR count). The Morgan fingerprint density at radius 2 is 1.80 bits per heavy atom. The van der Waals surface area contributed by atoms with E-state index in [0.29, 0.717) is 32.4 Å². The fourth-order valence-corrected chi connectivity index (χ4v) is 2.50. The summed E-state index contributed by atoms with van der Waals surface area (Å²) < 4.78 is 0. The summed E-state index contributed by atoms with van der Waals surface area (Å²) in [5.41, 5.74) is -0.612. The van der Waals surface area contributed by atoms with Crippen molar-refractivity contribution in [3.8, 4) is 0 Å². The van der Waals surface area contributed by atoms with Gasteiger partial charge in [0.05, 0.1) is 5.41 Å². The zero-order valence-electron chi connectivity index (χ0n) is 13.2. The van der Waals surface area contributed by atoms with Crippen LogP contribution in [0.4, 0.5) is 0 Å². The summed E-state index contributed by atoms with van der Waals surface area (Å²) in [6, 6.07) is 0. The average Bonchev–Trinajstić information content (AvgIpc) is 2.49. The van der Waals surface area contributed by atoms with Gasteiger partial charge in [0, 0.05) is 33.0 Å². The highest BCUT2D eigenvalue weighted by Gasteiger charge is 2.41. The van der Waals surface area contributed by atoms with E-state index in [0.717, 1.165) is 12.7 Å². The predicted molar refractivity (Wildman–Crippen MR) is 79.3 cm³/mol. The van der Waals surface area contributed by atoms with Crippen molar-refractivity contribution in [1.29, 1.82) is 0 Å². The van der Waals surface area contributed by atoms with Crippen LogP contribution in [0.5, 0.6) is 0 Å². The Hall–Kier alpha value is -1.39. The summed E-state index contributed by atoms with van der Waals surface area (Å²) in [5.74, 6) is 0.0614. The number of piperidine rings is 1. The zero-order valence-corrected chi connectivity index (χ0v) is 13.2. The van der Waals surface area contributed by atoms with Crippen molar-refractivity contribution in [2.45, 2.75) is 52.9 Å². The summed E-state index contributed by atoms with van der Waals surface area (Å²) in [7, 11) is 1.59. The second kappa shape index (κ2) is 9.50. The van der Waals surface area contributed by atoms with E-state index < -0.39 is 5.41 Å². The largest absolute Gasteiger partial charge is 0.359 e. The van der Waals surface area contributed by atoms with E-state index in [9.17, 15) is 14.4 Å². The number of nitrogens with zero attached hydrogens (tertiary/aromatic N) is 1. The highest BCUT2D eigenvalue weighted by molar-refractivity contribution is 5.85. The first-order valence-electron chi connectivity index (χ1n) is 7.53. The Morgan fingerprint density at radius 3 is 2.20 bits per heavy atom. The van der Waals surface area contributed by atoms with Gasteiger partial charge in [0.15, 0.2) is 0 Å². The molecular formula is C15H28N2O3. The minimum atomic E-state index is -0.612. The van der Waals surface area contributed by atoms with Crippen molar-refractivity contribution >= 4 is 18.1 Å². The summed E-state index contributed by atoms with van der Waals surface area (Å²) in [4.78, 5) is 36.2. The van der Waals surface area contributed by atoms with Crippen molar-refractivity contribution in [1.82, 2.24) is 10.2 Å². The van der Waals surface area contributed by atoms with E-state index in [2.05, 4.69) is 5.32 Å². The maximum atomic E-state index is 11.9. The fraction of sp³-hybridized carbons (Fsp3) is 0.800. The third kappa shape index (κ3) is 4.62. The number of likely N-dealkylation sites (tertiary alicyclic amines) is 1. The van der Waals surface area contributed by atoms with Crippen LogP contribution in [0, 0.1) is 5.41 Å². The number of hydrogen-bond acceptors (Lipinski definition) is 3. The summed E-state index contributed by atoms with van der Waals surface area (Å²) in [6.45, 7) is 7.11. The lowest BCUT2D eigenvalue weighted by Crippen LogP contribution is -2.49. The van der Waals surface area contributed by atoms with E-state index in [1.54, 1.807) is 11.9 Å². The molecule has 0 aromatic carbocycles. The van der Waals surface area contributed by atoms with Crippen LogP contribution >= 0.6 is 0 Å². The van der Waals surface area contributed by atoms with Crippen molar-refractivity contribution in [3.63, 3.8) is 0 Å². The summed E-state index contributed by atoms with van der Waals surface area (Å²) in [5, 5.41) is 2.63. The number of carbonyl (C=O) groups excluding carboxylic acids is 3. The van der Waals surface area contributed by atoms with Gasteiger partial charge in [-0.3, -0.25) is 9.59 Å². The van der Waals surface area contributed by atoms with Gasteiger partial charge >= 0.3 is 0 Å². The highest BCUT2D eigenvalue weighted by atomic mass is 16.2. The van der Waals surface area contributed by atoms with Gasteiger partial charge in [-0.05, 0) is 19.3 Å². The second-order valence-corrected chi connectivity index (χ2v) is 4.86. The molecule has 1 aliphatic heterocycles.